The van der Waals surface area contributed by atoms with Crippen LogP contribution >= 0.6 is 11.8 Å². The van der Waals surface area contributed by atoms with Gasteiger partial charge in [-0.3, -0.25) is 4.90 Å². The molecule has 0 spiro atoms. The van der Waals surface area contributed by atoms with Gasteiger partial charge in [0.15, 0.2) is 0 Å². The Morgan fingerprint density at radius 1 is 1.27 bits per heavy atom. The van der Waals surface area contributed by atoms with Crippen LogP contribution in [0.1, 0.15) is 33.1 Å². The third-order valence-electron chi connectivity index (χ3n) is 4.08. The highest BCUT2D eigenvalue weighted by Crippen LogP contribution is 2.31. The van der Waals surface area contributed by atoms with Crippen LogP contribution in [0.15, 0.2) is 0 Å². The van der Waals surface area contributed by atoms with Gasteiger partial charge in [0.2, 0.25) is 0 Å². The van der Waals surface area contributed by atoms with Crippen LogP contribution in [0.25, 0.3) is 0 Å². The minimum absolute atomic E-state index is 0.401. The maximum Gasteiger partial charge on any atom is 0.0212 e. The zero-order chi connectivity index (χ0) is 10.8. The maximum absolute atomic E-state index is 6.17. The van der Waals surface area contributed by atoms with E-state index >= 15 is 0 Å². The zero-order valence-corrected chi connectivity index (χ0v) is 10.8. The van der Waals surface area contributed by atoms with Crippen LogP contribution in [0.2, 0.25) is 0 Å². The quantitative estimate of drug-likeness (QED) is 0.744. The largest absolute Gasteiger partial charge is 0.326 e. The predicted molar refractivity (Wildman–Crippen MR) is 68.3 cm³/mol. The Kier molecular flexibility index (Phi) is 3.97. The number of hydrogen-bond acceptors (Lipinski definition) is 3. The fourth-order valence-corrected chi connectivity index (χ4v) is 4.05. The summed E-state index contributed by atoms with van der Waals surface area (Å²) in [4.78, 5) is 2.65. The summed E-state index contributed by atoms with van der Waals surface area (Å²) >= 11 is 2.14. The second-order valence-electron chi connectivity index (χ2n) is 5.21. The molecule has 3 heteroatoms. The number of thioether (sulfide) groups is 1. The maximum atomic E-state index is 6.17. The molecule has 0 aromatic rings. The van der Waals surface area contributed by atoms with Crippen LogP contribution < -0.4 is 5.73 Å². The smallest absolute Gasteiger partial charge is 0.0212 e. The topological polar surface area (TPSA) is 29.3 Å². The highest BCUT2D eigenvalue weighted by Gasteiger charge is 2.32. The van der Waals surface area contributed by atoms with Crippen LogP contribution in [0.3, 0.4) is 0 Å². The average molecular weight is 228 g/mol. The average Bonchev–Trinajstić information content (AvgIpc) is 2.23. The Hall–Kier alpha value is 0.270. The normalized spacial score (nSPS) is 44.2. The van der Waals surface area contributed by atoms with Crippen molar-refractivity contribution in [2.45, 2.75) is 50.4 Å². The van der Waals surface area contributed by atoms with E-state index in [1.54, 1.807) is 0 Å². The van der Waals surface area contributed by atoms with E-state index in [0.717, 1.165) is 17.8 Å². The summed E-state index contributed by atoms with van der Waals surface area (Å²) in [6.07, 6.45) is 4.06. The molecule has 0 aromatic heterocycles. The predicted octanol–water partition coefficient (Wildman–Crippen LogP) is 1.94. The summed E-state index contributed by atoms with van der Waals surface area (Å²) < 4.78 is 0. The van der Waals surface area contributed by atoms with Gasteiger partial charge in [-0.2, -0.15) is 11.8 Å². The van der Waals surface area contributed by atoms with Gasteiger partial charge >= 0.3 is 0 Å². The minimum Gasteiger partial charge on any atom is -0.326 e. The lowest BCUT2D eigenvalue weighted by Crippen LogP contribution is -2.54. The Bertz CT molecular complexity index is 210. The number of nitrogens with two attached hydrogens (primary N) is 1. The van der Waals surface area contributed by atoms with Crippen molar-refractivity contribution >= 4 is 11.8 Å². The van der Waals surface area contributed by atoms with E-state index in [1.807, 2.05) is 0 Å². The second-order valence-corrected chi connectivity index (χ2v) is 6.70. The van der Waals surface area contributed by atoms with Crippen LogP contribution in [-0.2, 0) is 0 Å². The molecule has 0 saturated carbocycles. The molecule has 88 valence electrons. The van der Waals surface area contributed by atoms with E-state index < -0.39 is 0 Å². The summed E-state index contributed by atoms with van der Waals surface area (Å²) in [6.45, 7) is 7.07. The summed E-state index contributed by atoms with van der Waals surface area (Å²) in [7, 11) is 0. The molecule has 2 aliphatic rings. The van der Waals surface area contributed by atoms with Gasteiger partial charge in [0.05, 0.1) is 0 Å². The molecule has 0 amide bonds. The van der Waals surface area contributed by atoms with Gasteiger partial charge in [-0.05, 0) is 37.5 Å². The first-order valence-corrected chi connectivity index (χ1v) is 7.34. The van der Waals surface area contributed by atoms with E-state index in [-0.39, 0.29) is 0 Å². The summed E-state index contributed by atoms with van der Waals surface area (Å²) in [6, 6.07) is 1.19. The van der Waals surface area contributed by atoms with Crippen molar-refractivity contribution in [2.24, 2.45) is 11.7 Å². The SMILES string of the molecule is CC1CCN(C2CCCSC2C)CC1N. The summed E-state index contributed by atoms with van der Waals surface area (Å²) in [5, 5.41) is 0.805. The van der Waals surface area contributed by atoms with Crippen LogP contribution in [0, 0.1) is 5.92 Å². The number of hydrogen-bond donors (Lipinski definition) is 1. The molecule has 0 bridgehead atoms. The van der Waals surface area contributed by atoms with Gasteiger partial charge in [-0.15, -0.1) is 0 Å². The molecular weight excluding hydrogens is 204 g/mol. The van der Waals surface area contributed by atoms with E-state index in [2.05, 4.69) is 30.5 Å². The molecule has 2 aliphatic heterocycles. The molecule has 2 heterocycles. The third kappa shape index (κ3) is 2.69. The van der Waals surface area contributed by atoms with Crippen molar-refractivity contribution in [3.05, 3.63) is 0 Å². The van der Waals surface area contributed by atoms with Gasteiger partial charge in [-0.25, -0.2) is 0 Å². The molecule has 2 fully saturated rings. The Morgan fingerprint density at radius 3 is 2.73 bits per heavy atom. The zero-order valence-electron chi connectivity index (χ0n) is 9.98. The van der Waals surface area contributed by atoms with Gasteiger partial charge in [-0.1, -0.05) is 13.8 Å². The van der Waals surface area contributed by atoms with Gasteiger partial charge in [0.25, 0.3) is 0 Å². The first-order chi connectivity index (χ1) is 7.18. The number of piperidine rings is 1. The summed E-state index contributed by atoms with van der Waals surface area (Å²) in [5.41, 5.74) is 6.17. The molecule has 2 N–H and O–H groups in total. The Labute approximate surface area is 98.0 Å². The first kappa shape index (κ1) is 11.7. The summed E-state index contributed by atoms with van der Waals surface area (Å²) in [5.74, 6) is 2.07. The number of nitrogens with zero attached hydrogens (tertiary/aromatic N) is 1. The van der Waals surface area contributed by atoms with Crippen molar-refractivity contribution < 1.29 is 0 Å². The molecule has 4 atom stereocenters. The van der Waals surface area contributed by atoms with Crippen molar-refractivity contribution in [3.63, 3.8) is 0 Å². The van der Waals surface area contributed by atoms with Crippen LogP contribution in [-0.4, -0.2) is 41.1 Å². The highest BCUT2D eigenvalue weighted by molar-refractivity contribution is 7.99. The van der Waals surface area contributed by atoms with E-state index in [1.165, 1.54) is 31.6 Å². The number of likely N-dealkylation sites (tertiary alicyclic amines) is 1. The van der Waals surface area contributed by atoms with Crippen LogP contribution in [0.4, 0.5) is 0 Å². The fourth-order valence-electron chi connectivity index (χ4n) is 2.81. The molecule has 2 nitrogen and oxygen atoms in total. The van der Waals surface area contributed by atoms with E-state index in [0.29, 0.717) is 12.0 Å². The van der Waals surface area contributed by atoms with Gasteiger partial charge in [0.1, 0.15) is 0 Å². The molecule has 0 aromatic carbocycles. The highest BCUT2D eigenvalue weighted by atomic mass is 32.2. The molecule has 0 aliphatic carbocycles. The molecule has 2 rings (SSSR count). The minimum atomic E-state index is 0.401. The fraction of sp³-hybridized carbons (Fsp3) is 1.00. The van der Waals surface area contributed by atoms with Crippen molar-refractivity contribution in [1.29, 1.82) is 0 Å². The lowest BCUT2D eigenvalue weighted by molar-refractivity contribution is 0.112. The number of rotatable bonds is 1. The lowest BCUT2D eigenvalue weighted by Gasteiger charge is -2.43. The van der Waals surface area contributed by atoms with Crippen molar-refractivity contribution in [3.8, 4) is 0 Å². The first-order valence-electron chi connectivity index (χ1n) is 6.29. The van der Waals surface area contributed by atoms with Gasteiger partial charge in [0, 0.05) is 23.9 Å². The Morgan fingerprint density at radius 2 is 2.07 bits per heavy atom. The lowest BCUT2D eigenvalue weighted by atomic mass is 9.92. The molecule has 2 saturated heterocycles. The Balaban J connectivity index is 1.92. The van der Waals surface area contributed by atoms with Crippen molar-refractivity contribution in [2.75, 3.05) is 18.8 Å². The molecular formula is C12H24N2S. The second kappa shape index (κ2) is 5.07. The molecule has 0 radical (unpaired) electrons. The van der Waals surface area contributed by atoms with Crippen molar-refractivity contribution in [1.82, 2.24) is 4.90 Å². The van der Waals surface area contributed by atoms with Crippen LogP contribution in [0.5, 0.6) is 0 Å². The standard InChI is InChI=1S/C12H24N2S/c1-9-5-6-14(8-11(9)13)12-4-3-7-15-10(12)2/h9-12H,3-8,13H2,1-2H3. The molecule has 4 unspecified atom stereocenters. The monoisotopic (exact) mass is 228 g/mol. The molecule has 15 heavy (non-hydrogen) atoms. The third-order valence-corrected chi connectivity index (χ3v) is 5.45. The van der Waals surface area contributed by atoms with E-state index in [4.69, 9.17) is 5.73 Å². The van der Waals surface area contributed by atoms with E-state index in [9.17, 15) is 0 Å². The van der Waals surface area contributed by atoms with Gasteiger partial charge < -0.3 is 5.73 Å².